The van der Waals surface area contributed by atoms with E-state index in [0.29, 0.717) is 0 Å². The van der Waals surface area contributed by atoms with Crippen LogP contribution in [0.15, 0.2) is 110 Å². The fourth-order valence-corrected chi connectivity index (χ4v) is 7.74. The number of aromatic nitrogens is 2. The molecule has 4 aromatic carbocycles. The quantitative estimate of drug-likeness (QED) is 0.214. The number of thiophene rings is 1. The van der Waals surface area contributed by atoms with E-state index in [1.807, 2.05) is 23.5 Å². The zero-order valence-electron chi connectivity index (χ0n) is 22.0. The summed E-state index contributed by atoms with van der Waals surface area (Å²) in [5, 5.41) is 5.02. The smallest absolute Gasteiger partial charge is 0.0640 e. The number of hydrogen-bond acceptors (Lipinski definition) is 1. The SMILES string of the molecule is C=Cc1c(C=C)n(-c2cccc3c2sc2c(-n4c5c(c6ccccc64)C=CCC=C5)cccc23)c2ccccc12. The van der Waals surface area contributed by atoms with Crippen LogP contribution in [0.2, 0.25) is 0 Å². The van der Waals surface area contributed by atoms with E-state index in [9.17, 15) is 0 Å². The molecule has 0 saturated heterocycles. The Kier molecular flexibility index (Phi) is 5.10. The second kappa shape index (κ2) is 8.84. The number of hydrogen-bond donors (Lipinski definition) is 0. The first kappa shape index (κ1) is 23.1. The summed E-state index contributed by atoms with van der Waals surface area (Å²) in [6.07, 6.45) is 13.9. The molecule has 0 N–H and O–H groups in total. The van der Waals surface area contributed by atoms with Gasteiger partial charge in [-0.2, -0.15) is 0 Å². The van der Waals surface area contributed by atoms with Crippen LogP contribution in [0, 0.1) is 0 Å². The zero-order chi connectivity index (χ0) is 26.8. The van der Waals surface area contributed by atoms with E-state index < -0.39 is 0 Å². The Morgan fingerprint density at radius 1 is 0.600 bits per heavy atom. The largest absolute Gasteiger partial charge is 0.308 e. The molecular formula is C37H26N2S. The average Bonchev–Trinajstić information content (AvgIpc) is 3.57. The van der Waals surface area contributed by atoms with Crippen LogP contribution in [0.3, 0.4) is 0 Å². The lowest BCUT2D eigenvalue weighted by Gasteiger charge is -2.10. The van der Waals surface area contributed by atoms with Crippen molar-refractivity contribution in [3.8, 4) is 11.4 Å². The molecule has 1 aliphatic carbocycles. The number of allylic oxidation sites excluding steroid dienone is 2. The van der Waals surface area contributed by atoms with Crippen molar-refractivity contribution in [2.75, 3.05) is 0 Å². The summed E-state index contributed by atoms with van der Waals surface area (Å²) in [6.45, 7) is 8.32. The number of nitrogens with zero attached hydrogens (tertiary/aromatic N) is 2. The molecule has 0 spiro atoms. The van der Waals surface area contributed by atoms with Crippen molar-refractivity contribution in [3.05, 3.63) is 133 Å². The molecule has 7 aromatic rings. The predicted octanol–water partition coefficient (Wildman–Crippen LogP) is 10.7. The molecule has 3 aromatic heterocycles. The van der Waals surface area contributed by atoms with Gasteiger partial charge in [0.25, 0.3) is 0 Å². The van der Waals surface area contributed by atoms with Crippen LogP contribution in [-0.2, 0) is 0 Å². The molecule has 190 valence electrons. The third kappa shape index (κ3) is 3.10. The molecule has 0 bridgehead atoms. The van der Waals surface area contributed by atoms with Gasteiger partial charge < -0.3 is 9.13 Å². The number of rotatable bonds is 4. The molecule has 8 rings (SSSR count). The van der Waals surface area contributed by atoms with Gasteiger partial charge in [-0.1, -0.05) is 98.1 Å². The molecule has 3 heteroatoms. The predicted molar refractivity (Wildman–Crippen MR) is 176 cm³/mol. The van der Waals surface area contributed by atoms with Gasteiger partial charge in [0.15, 0.2) is 0 Å². The first-order valence-electron chi connectivity index (χ1n) is 13.6. The summed E-state index contributed by atoms with van der Waals surface area (Å²) in [7, 11) is 0. The maximum Gasteiger partial charge on any atom is 0.0640 e. The van der Waals surface area contributed by atoms with Gasteiger partial charge in [-0.25, -0.2) is 0 Å². The second-order valence-electron chi connectivity index (χ2n) is 10.2. The van der Waals surface area contributed by atoms with E-state index in [4.69, 9.17) is 0 Å². The molecule has 0 radical (unpaired) electrons. The van der Waals surface area contributed by atoms with Crippen molar-refractivity contribution in [1.82, 2.24) is 9.13 Å². The van der Waals surface area contributed by atoms with E-state index in [2.05, 4.69) is 132 Å². The molecule has 1 aliphatic rings. The summed E-state index contributed by atoms with van der Waals surface area (Å²) in [6, 6.07) is 30.7. The Morgan fingerprint density at radius 2 is 1.20 bits per heavy atom. The van der Waals surface area contributed by atoms with E-state index in [-0.39, 0.29) is 0 Å². The van der Waals surface area contributed by atoms with Gasteiger partial charge in [-0.05, 0) is 42.8 Å². The highest BCUT2D eigenvalue weighted by molar-refractivity contribution is 7.26. The number of benzene rings is 4. The molecule has 3 heterocycles. The van der Waals surface area contributed by atoms with E-state index in [1.54, 1.807) is 0 Å². The lowest BCUT2D eigenvalue weighted by Crippen LogP contribution is -1.97. The lowest BCUT2D eigenvalue weighted by molar-refractivity contribution is 1.12. The lowest BCUT2D eigenvalue weighted by atomic mass is 10.1. The Balaban J connectivity index is 1.48. The molecule has 0 atom stereocenters. The van der Waals surface area contributed by atoms with Crippen LogP contribution in [0.1, 0.15) is 28.9 Å². The molecule has 0 saturated carbocycles. The topological polar surface area (TPSA) is 9.86 Å². The second-order valence-corrected chi connectivity index (χ2v) is 11.2. The minimum absolute atomic E-state index is 0.947. The van der Waals surface area contributed by atoms with Crippen LogP contribution >= 0.6 is 11.3 Å². The Bertz CT molecular complexity index is 2230. The van der Waals surface area contributed by atoms with Gasteiger partial charge in [-0.15, -0.1) is 11.3 Å². The summed E-state index contributed by atoms with van der Waals surface area (Å²) in [5.74, 6) is 0. The maximum absolute atomic E-state index is 4.19. The number of para-hydroxylation sites is 2. The van der Waals surface area contributed by atoms with E-state index in [1.165, 1.54) is 59.1 Å². The van der Waals surface area contributed by atoms with Crippen molar-refractivity contribution in [2.24, 2.45) is 0 Å². The van der Waals surface area contributed by atoms with Gasteiger partial charge in [0.05, 0.1) is 43.2 Å². The third-order valence-electron chi connectivity index (χ3n) is 8.10. The van der Waals surface area contributed by atoms with Crippen molar-refractivity contribution in [1.29, 1.82) is 0 Å². The van der Waals surface area contributed by atoms with Crippen LogP contribution < -0.4 is 0 Å². The normalized spacial score (nSPS) is 12.9. The van der Waals surface area contributed by atoms with Crippen LogP contribution in [-0.4, -0.2) is 9.13 Å². The highest BCUT2D eigenvalue weighted by Gasteiger charge is 2.21. The Morgan fingerprint density at radius 3 is 1.90 bits per heavy atom. The highest BCUT2D eigenvalue weighted by Crippen LogP contribution is 2.44. The Labute approximate surface area is 236 Å². The Hall–Kier alpha value is -4.86. The third-order valence-corrected chi connectivity index (χ3v) is 9.36. The molecule has 0 amide bonds. The van der Waals surface area contributed by atoms with Crippen molar-refractivity contribution in [3.63, 3.8) is 0 Å². The monoisotopic (exact) mass is 530 g/mol. The summed E-state index contributed by atoms with van der Waals surface area (Å²) < 4.78 is 7.35. The van der Waals surface area contributed by atoms with Crippen molar-refractivity contribution in [2.45, 2.75) is 6.42 Å². The summed E-state index contributed by atoms with van der Waals surface area (Å²) >= 11 is 1.87. The summed E-state index contributed by atoms with van der Waals surface area (Å²) in [4.78, 5) is 0. The highest BCUT2D eigenvalue weighted by atomic mass is 32.1. The van der Waals surface area contributed by atoms with Crippen LogP contribution in [0.5, 0.6) is 0 Å². The summed E-state index contributed by atoms with van der Waals surface area (Å²) in [5.41, 5.74) is 9.49. The molecule has 40 heavy (non-hydrogen) atoms. The van der Waals surface area contributed by atoms with Gasteiger partial charge in [0, 0.05) is 32.7 Å². The van der Waals surface area contributed by atoms with Gasteiger partial charge >= 0.3 is 0 Å². The molecule has 0 aliphatic heterocycles. The first-order chi connectivity index (χ1) is 19.8. The van der Waals surface area contributed by atoms with Gasteiger partial charge in [0.2, 0.25) is 0 Å². The molecule has 2 nitrogen and oxygen atoms in total. The van der Waals surface area contributed by atoms with Crippen molar-refractivity contribution < 1.29 is 0 Å². The minimum atomic E-state index is 0.947. The van der Waals surface area contributed by atoms with Gasteiger partial charge in [0.1, 0.15) is 0 Å². The number of fused-ring (bicyclic) bond motifs is 7. The molecule has 0 unspecified atom stereocenters. The van der Waals surface area contributed by atoms with E-state index >= 15 is 0 Å². The molecule has 0 fully saturated rings. The first-order valence-corrected chi connectivity index (χ1v) is 14.4. The van der Waals surface area contributed by atoms with Crippen LogP contribution in [0.4, 0.5) is 0 Å². The maximum atomic E-state index is 4.19. The van der Waals surface area contributed by atoms with Crippen molar-refractivity contribution >= 4 is 77.6 Å². The average molecular weight is 531 g/mol. The van der Waals surface area contributed by atoms with E-state index in [0.717, 1.165) is 23.2 Å². The standard InChI is InChI=1S/C37H26N2S/c1-3-24-25-15-8-10-20-31(25)38(30(24)4-2)34-22-12-17-28-29-18-13-23-35(37(29)40-36(28)34)39-32-19-7-5-6-14-26(32)27-16-9-11-21-33(27)39/h3-4,6-23H,1-2,5H2. The fraction of sp³-hybridized carbons (Fsp3) is 0.0270. The minimum Gasteiger partial charge on any atom is -0.308 e. The molecular weight excluding hydrogens is 504 g/mol. The van der Waals surface area contributed by atoms with Gasteiger partial charge in [-0.3, -0.25) is 0 Å². The zero-order valence-corrected chi connectivity index (χ0v) is 22.8. The van der Waals surface area contributed by atoms with Crippen LogP contribution in [0.25, 0.3) is 77.7 Å². The fourth-order valence-electron chi connectivity index (χ4n) is 6.43.